The number of anilines is 1. The third kappa shape index (κ3) is 1.50. The van der Waals surface area contributed by atoms with E-state index in [-0.39, 0.29) is 6.04 Å². The van der Waals surface area contributed by atoms with Crippen LogP contribution >= 0.6 is 0 Å². The molecule has 1 aromatic rings. The van der Waals surface area contributed by atoms with Crippen LogP contribution in [0.15, 0.2) is 18.2 Å². The fraction of sp³-hybridized carbons (Fsp3) is 0.500. The predicted molar refractivity (Wildman–Crippen MR) is 60.6 cm³/mol. The Morgan fingerprint density at radius 3 is 2.86 bits per heavy atom. The van der Waals surface area contributed by atoms with Gasteiger partial charge in [-0.2, -0.15) is 0 Å². The van der Waals surface area contributed by atoms with Crippen LogP contribution < -0.4 is 10.6 Å². The molecule has 0 bridgehead atoms. The first-order valence-corrected chi connectivity index (χ1v) is 5.25. The van der Waals surface area contributed by atoms with E-state index in [0.29, 0.717) is 0 Å². The summed E-state index contributed by atoms with van der Waals surface area (Å²) in [6.45, 7) is 0. The Kier molecular flexibility index (Phi) is 2.46. The van der Waals surface area contributed by atoms with E-state index in [1.54, 1.807) is 0 Å². The maximum absolute atomic E-state index is 6.10. The average molecular weight is 190 g/mol. The quantitative estimate of drug-likeness (QED) is 0.734. The average Bonchev–Trinajstić information content (AvgIpc) is 2.17. The van der Waals surface area contributed by atoms with Gasteiger partial charge in [-0.15, -0.1) is 0 Å². The topological polar surface area (TPSA) is 29.3 Å². The Hall–Kier alpha value is -1.02. The fourth-order valence-corrected chi connectivity index (χ4v) is 2.29. The Morgan fingerprint density at radius 1 is 1.36 bits per heavy atom. The number of benzene rings is 1. The van der Waals surface area contributed by atoms with Gasteiger partial charge in [0.05, 0.1) is 0 Å². The van der Waals surface area contributed by atoms with Crippen molar-refractivity contribution in [2.75, 3.05) is 19.0 Å². The lowest BCUT2D eigenvalue weighted by Gasteiger charge is -2.27. The number of nitrogens with zero attached hydrogens (tertiary/aromatic N) is 1. The van der Waals surface area contributed by atoms with Crippen LogP contribution in [-0.2, 0) is 6.42 Å². The molecule has 0 aromatic heterocycles. The van der Waals surface area contributed by atoms with Gasteiger partial charge in [0, 0.05) is 25.8 Å². The molecule has 0 spiro atoms. The van der Waals surface area contributed by atoms with Crippen LogP contribution in [0, 0.1) is 0 Å². The number of hydrogen-bond donors (Lipinski definition) is 1. The zero-order chi connectivity index (χ0) is 10.1. The summed E-state index contributed by atoms with van der Waals surface area (Å²) in [6.07, 6.45) is 3.53. The molecule has 2 heteroatoms. The molecule has 0 fully saturated rings. The zero-order valence-electron chi connectivity index (χ0n) is 8.96. The normalized spacial score (nSPS) is 20.4. The van der Waals surface area contributed by atoms with Gasteiger partial charge < -0.3 is 10.6 Å². The van der Waals surface area contributed by atoms with Crippen LogP contribution in [0.3, 0.4) is 0 Å². The SMILES string of the molecule is CN(C)c1cccc2c1CCCC2N. The lowest BCUT2D eigenvalue weighted by Crippen LogP contribution is -2.20. The van der Waals surface area contributed by atoms with E-state index in [4.69, 9.17) is 5.73 Å². The molecule has 76 valence electrons. The van der Waals surface area contributed by atoms with E-state index in [2.05, 4.69) is 37.2 Å². The van der Waals surface area contributed by atoms with Gasteiger partial charge in [-0.25, -0.2) is 0 Å². The van der Waals surface area contributed by atoms with E-state index in [1.807, 2.05) is 0 Å². The van der Waals surface area contributed by atoms with Crippen molar-refractivity contribution in [3.63, 3.8) is 0 Å². The maximum Gasteiger partial charge on any atom is 0.0396 e. The van der Waals surface area contributed by atoms with Crippen molar-refractivity contribution < 1.29 is 0 Å². The van der Waals surface area contributed by atoms with Crippen molar-refractivity contribution in [3.8, 4) is 0 Å². The highest BCUT2D eigenvalue weighted by Crippen LogP contribution is 2.33. The third-order valence-electron chi connectivity index (χ3n) is 3.01. The van der Waals surface area contributed by atoms with Gasteiger partial charge in [0.2, 0.25) is 0 Å². The van der Waals surface area contributed by atoms with Crippen LogP contribution in [0.25, 0.3) is 0 Å². The monoisotopic (exact) mass is 190 g/mol. The van der Waals surface area contributed by atoms with Gasteiger partial charge >= 0.3 is 0 Å². The lowest BCUT2D eigenvalue weighted by atomic mass is 9.87. The molecule has 1 unspecified atom stereocenters. The fourth-order valence-electron chi connectivity index (χ4n) is 2.29. The zero-order valence-corrected chi connectivity index (χ0v) is 8.96. The van der Waals surface area contributed by atoms with Crippen molar-refractivity contribution in [2.24, 2.45) is 5.73 Å². The van der Waals surface area contributed by atoms with Crippen molar-refractivity contribution in [3.05, 3.63) is 29.3 Å². The molecule has 2 rings (SSSR count). The Morgan fingerprint density at radius 2 is 2.14 bits per heavy atom. The molecule has 1 aliphatic rings. The first-order valence-electron chi connectivity index (χ1n) is 5.25. The molecule has 2 nitrogen and oxygen atoms in total. The first kappa shape index (κ1) is 9.53. The molecule has 0 radical (unpaired) electrons. The number of hydrogen-bond acceptors (Lipinski definition) is 2. The second-order valence-corrected chi connectivity index (χ2v) is 4.24. The van der Waals surface area contributed by atoms with Gasteiger partial charge in [0.1, 0.15) is 0 Å². The van der Waals surface area contributed by atoms with E-state index in [1.165, 1.54) is 29.7 Å². The Bertz CT molecular complexity index is 317. The minimum atomic E-state index is 0.249. The summed E-state index contributed by atoms with van der Waals surface area (Å²) in [6, 6.07) is 6.71. The van der Waals surface area contributed by atoms with Crippen LogP contribution in [0.1, 0.15) is 30.0 Å². The van der Waals surface area contributed by atoms with Crippen molar-refractivity contribution in [2.45, 2.75) is 25.3 Å². The van der Waals surface area contributed by atoms with Crippen molar-refractivity contribution in [1.29, 1.82) is 0 Å². The predicted octanol–water partition coefficient (Wildman–Crippen LogP) is 2.09. The highest BCUT2D eigenvalue weighted by atomic mass is 15.1. The molecule has 0 amide bonds. The standard InChI is InChI=1S/C12H18N2/c1-14(2)12-8-4-5-9-10(12)6-3-7-11(9)13/h4-5,8,11H,3,6-7,13H2,1-2H3. The smallest absolute Gasteiger partial charge is 0.0396 e. The molecule has 0 aliphatic heterocycles. The molecular weight excluding hydrogens is 172 g/mol. The summed E-state index contributed by atoms with van der Waals surface area (Å²) in [5.41, 5.74) is 10.2. The molecule has 0 saturated heterocycles. The Labute approximate surface area is 85.7 Å². The van der Waals surface area contributed by atoms with Crippen LogP contribution in [0.4, 0.5) is 5.69 Å². The second-order valence-electron chi connectivity index (χ2n) is 4.24. The minimum Gasteiger partial charge on any atom is -0.377 e. The van der Waals surface area contributed by atoms with Crippen molar-refractivity contribution in [1.82, 2.24) is 0 Å². The van der Waals surface area contributed by atoms with Crippen LogP contribution in [-0.4, -0.2) is 14.1 Å². The summed E-state index contributed by atoms with van der Waals surface area (Å²) >= 11 is 0. The number of rotatable bonds is 1. The van der Waals surface area contributed by atoms with E-state index in [0.717, 1.165) is 6.42 Å². The molecule has 14 heavy (non-hydrogen) atoms. The van der Waals surface area contributed by atoms with Crippen LogP contribution in [0.2, 0.25) is 0 Å². The van der Waals surface area contributed by atoms with Gasteiger partial charge in [-0.3, -0.25) is 0 Å². The molecular formula is C12H18N2. The van der Waals surface area contributed by atoms with Crippen LogP contribution in [0.5, 0.6) is 0 Å². The largest absolute Gasteiger partial charge is 0.377 e. The highest BCUT2D eigenvalue weighted by molar-refractivity contribution is 5.57. The molecule has 0 saturated carbocycles. The summed E-state index contributed by atoms with van der Waals surface area (Å²) in [5, 5.41) is 0. The third-order valence-corrected chi connectivity index (χ3v) is 3.01. The summed E-state index contributed by atoms with van der Waals surface area (Å²) < 4.78 is 0. The minimum absolute atomic E-state index is 0.249. The first-order chi connectivity index (χ1) is 6.70. The second kappa shape index (κ2) is 3.62. The summed E-state index contributed by atoms with van der Waals surface area (Å²) in [4.78, 5) is 2.18. The van der Waals surface area contributed by atoms with E-state index >= 15 is 0 Å². The molecule has 1 aromatic carbocycles. The number of fused-ring (bicyclic) bond motifs is 1. The molecule has 1 aliphatic carbocycles. The van der Waals surface area contributed by atoms with Gasteiger partial charge in [0.25, 0.3) is 0 Å². The highest BCUT2D eigenvalue weighted by Gasteiger charge is 2.19. The van der Waals surface area contributed by atoms with E-state index in [9.17, 15) is 0 Å². The lowest BCUT2D eigenvalue weighted by molar-refractivity contribution is 0.570. The van der Waals surface area contributed by atoms with Gasteiger partial charge in [-0.1, -0.05) is 12.1 Å². The molecule has 2 N–H and O–H groups in total. The molecule has 0 heterocycles. The number of nitrogens with two attached hydrogens (primary N) is 1. The summed E-state index contributed by atoms with van der Waals surface area (Å²) in [5.74, 6) is 0. The maximum atomic E-state index is 6.10. The van der Waals surface area contributed by atoms with Gasteiger partial charge in [-0.05, 0) is 36.5 Å². The molecule has 1 atom stereocenters. The Balaban J connectivity index is 2.49. The van der Waals surface area contributed by atoms with Crippen molar-refractivity contribution >= 4 is 5.69 Å². The summed E-state index contributed by atoms with van der Waals surface area (Å²) in [7, 11) is 4.19. The van der Waals surface area contributed by atoms with Gasteiger partial charge in [0.15, 0.2) is 0 Å². The van der Waals surface area contributed by atoms with E-state index < -0.39 is 0 Å².